The summed E-state index contributed by atoms with van der Waals surface area (Å²) in [6.45, 7) is -1.50. The Labute approximate surface area is 117 Å². The van der Waals surface area contributed by atoms with Gasteiger partial charge in [0, 0.05) is 10.8 Å². The van der Waals surface area contributed by atoms with Crippen LogP contribution in [-0.4, -0.2) is 24.4 Å². The molecule has 0 atom stereocenters. The Kier molecular flexibility index (Phi) is 6.47. The van der Waals surface area contributed by atoms with Gasteiger partial charge in [-0.05, 0) is 17.7 Å². The third-order valence-electron chi connectivity index (χ3n) is 1.81. The van der Waals surface area contributed by atoms with Crippen LogP contribution >= 0.6 is 23.4 Å². The fraction of sp³-hybridized carbons (Fsp3) is 0.364. The molecule has 0 radical (unpaired) electrons. The number of rotatable bonds is 6. The van der Waals surface area contributed by atoms with Crippen molar-refractivity contribution in [1.82, 2.24) is 5.48 Å². The van der Waals surface area contributed by atoms with Crippen LogP contribution in [0.5, 0.6) is 0 Å². The van der Waals surface area contributed by atoms with Crippen molar-refractivity contribution in [2.45, 2.75) is 11.9 Å². The van der Waals surface area contributed by atoms with Crippen LogP contribution in [0.4, 0.5) is 13.2 Å². The molecule has 1 rings (SSSR count). The van der Waals surface area contributed by atoms with Crippen molar-refractivity contribution in [1.29, 1.82) is 0 Å². The van der Waals surface area contributed by atoms with Crippen LogP contribution in [0, 0.1) is 0 Å². The summed E-state index contributed by atoms with van der Waals surface area (Å²) in [6, 6.07) is 7.11. The monoisotopic (exact) mass is 313 g/mol. The molecule has 8 heteroatoms. The number of nitrogens with one attached hydrogen (secondary N) is 1. The Morgan fingerprint density at radius 3 is 2.79 bits per heavy atom. The molecule has 19 heavy (non-hydrogen) atoms. The van der Waals surface area contributed by atoms with Crippen molar-refractivity contribution in [2.24, 2.45) is 0 Å². The van der Waals surface area contributed by atoms with Gasteiger partial charge in [0.25, 0.3) is 5.91 Å². The third kappa shape index (κ3) is 7.97. The summed E-state index contributed by atoms with van der Waals surface area (Å²) >= 11 is 7.03. The first kappa shape index (κ1) is 16.1. The van der Waals surface area contributed by atoms with E-state index in [1.807, 2.05) is 6.07 Å². The number of halogens is 4. The van der Waals surface area contributed by atoms with E-state index in [-0.39, 0.29) is 5.75 Å². The predicted molar refractivity (Wildman–Crippen MR) is 67.8 cm³/mol. The average Bonchev–Trinajstić information content (AvgIpc) is 2.27. The largest absolute Gasteiger partial charge is 0.414 e. The molecule has 0 aromatic heterocycles. The quantitative estimate of drug-likeness (QED) is 0.820. The molecule has 0 saturated carbocycles. The maximum absolute atomic E-state index is 11.7. The first-order valence-electron chi connectivity index (χ1n) is 5.16. The summed E-state index contributed by atoms with van der Waals surface area (Å²) < 4.78 is 35.2. The highest BCUT2D eigenvalue weighted by Crippen LogP contribution is 2.16. The molecule has 0 aliphatic carbocycles. The van der Waals surface area contributed by atoms with Gasteiger partial charge in [-0.15, -0.1) is 11.8 Å². The molecule has 1 amide bonds. The highest BCUT2D eigenvalue weighted by molar-refractivity contribution is 7.99. The molecule has 1 N–H and O–H groups in total. The molecule has 0 heterocycles. The van der Waals surface area contributed by atoms with E-state index in [0.717, 1.165) is 5.56 Å². The van der Waals surface area contributed by atoms with Gasteiger partial charge in [0.15, 0.2) is 6.61 Å². The molecule has 0 bridgehead atoms. The molecule has 1 aromatic carbocycles. The fourth-order valence-electron chi connectivity index (χ4n) is 1.12. The first-order valence-corrected chi connectivity index (χ1v) is 6.69. The van der Waals surface area contributed by atoms with Gasteiger partial charge in [-0.2, -0.15) is 13.2 Å². The first-order chi connectivity index (χ1) is 8.87. The SMILES string of the molecule is O=C(CSCc1cccc(Cl)c1)NOCC(F)(F)F. The van der Waals surface area contributed by atoms with Crippen LogP contribution in [0.25, 0.3) is 0 Å². The van der Waals surface area contributed by atoms with E-state index in [1.54, 1.807) is 23.7 Å². The second kappa shape index (κ2) is 7.62. The summed E-state index contributed by atoms with van der Waals surface area (Å²) in [5.74, 6) is -0.0753. The van der Waals surface area contributed by atoms with Gasteiger partial charge in [-0.3, -0.25) is 9.63 Å². The molecule has 0 saturated heterocycles. The lowest BCUT2D eigenvalue weighted by atomic mass is 10.2. The number of hydrogen-bond donors (Lipinski definition) is 1. The molecular formula is C11H11ClF3NO2S. The number of hydroxylamine groups is 1. The lowest BCUT2D eigenvalue weighted by molar-refractivity contribution is -0.191. The van der Waals surface area contributed by atoms with Crippen molar-refractivity contribution in [3.63, 3.8) is 0 Å². The minimum atomic E-state index is -4.46. The molecule has 0 aliphatic heterocycles. The maximum Gasteiger partial charge on any atom is 0.414 e. The van der Waals surface area contributed by atoms with E-state index in [4.69, 9.17) is 11.6 Å². The Hall–Kier alpha value is -0.920. The van der Waals surface area contributed by atoms with Crippen LogP contribution < -0.4 is 5.48 Å². The minimum Gasteiger partial charge on any atom is -0.272 e. The van der Waals surface area contributed by atoms with Gasteiger partial charge < -0.3 is 0 Å². The van der Waals surface area contributed by atoms with Crippen LogP contribution in [0.3, 0.4) is 0 Å². The third-order valence-corrected chi connectivity index (χ3v) is 3.05. The second-order valence-electron chi connectivity index (χ2n) is 3.55. The van der Waals surface area contributed by atoms with Crippen LogP contribution in [0.2, 0.25) is 5.02 Å². The highest BCUT2D eigenvalue weighted by atomic mass is 35.5. The number of benzene rings is 1. The predicted octanol–water partition coefficient (Wildman–Crippen LogP) is 3.18. The van der Waals surface area contributed by atoms with E-state index in [2.05, 4.69) is 4.84 Å². The number of hydrogen-bond acceptors (Lipinski definition) is 3. The Morgan fingerprint density at radius 2 is 2.16 bits per heavy atom. The van der Waals surface area contributed by atoms with Crippen molar-refractivity contribution >= 4 is 29.3 Å². The summed E-state index contributed by atoms with van der Waals surface area (Å²) in [7, 11) is 0. The number of alkyl halides is 3. The molecular weight excluding hydrogens is 303 g/mol. The lowest BCUT2D eigenvalue weighted by Gasteiger charge is -2.08. The van der Waals surface area contributed by atoms with Crippen molar-refractivity contribution in [3.05, 3.63) is 34.9 Å². The average molecular weight is 314 g/mol. The van der Waals surface area contributed by atoms with Crippen LogP contribution in [0.15, 0.2) is 24.3 Å². The van der Waals surface area contributed by atoms with Crippen molar-refractivity contribution in [2.75, 3.05) is 12.4 Å². The van der Waals surface area contributed by atoms with Gasteiger partial charge >= 0.3 is 6.18 Å². The molecule has 1 aromatic rings. The maximum atomic E-state index is 11.7. The Bertz CT molecular complexity index is 429. The summed E-state index contributed by atoms with van der Waals surface area (Å²) in [5, 5.41) is 0.594. The number of thioether (sulfide) groups is 1. The number of carbonyl (C=O) groups excluding carboxylic acids is 1. The summed E-state index contributed by atoms with van der Waals surface area (Å²) in [4.78, 5) is 15.2. The highest BCUT2D eigenvalue weighted by Gasteiger charge is 2.28. The fourth-order valence-corrected chi connectivity index (χ4v) is 2.09. The van der Waals surface area contributed by atoms with Crippen molar-refractivity contribution < 1.29 is 22.8 Å². The van der Waals surface area contributed by atoms with Gasteiger partial charge in [-0.25, -0.2) is 5.48 Å². The van der Waals surface area contributed by atoms with E-state index >= 15 is 0 Å². The molecule has 3 nitrogen and oxygen atoms in total. The molecule has 0 fully saturated rings. The van der Waals surface area contributed by atoms with E-state index < -0.39 is 18.7 Å². The van der Waals surface area contributed by atoms with Gasteiger partial charge in [0.1, 0.15) is 0 Å². The summed E-state index contributed by atoms with van der Waals surface area (Å²) in [5.41, 5.74) is 2.66. The van der Waals surface area contributed by atoms with Gasteiger partial charge in [-0.1, -0.05) is 23.7 Å². The minimum absolute atomic E-state index is 0.00434. The van der Waals surface area contributed by atoms with Crippen LogP contribution in [0.1, 0.15) is 5.56 Å². The number of carbonyl (C=O) groups is 1. The standard InChI is InChI=1S/C11H11ClF3NO2S/c12-9-3-1-2-8(4-9)5-19-6-10(17)16-18-7-11(13,14)15/h1-4H,5-7H2,(H,16,17). The van der Waals surface area contributed by atoms with E-state index in [9.17, 15) is 18.0 Å². The van der Waals surface area contributed by atoms with E-state index in [1.165, 1.54) is 11.8 Å². The zero-order valence-corrected chi connectivity index (χ0v) is 11.2. The smallest absolute Gasteiger partial charge is 0.272 e. The lowest BCUT2D eigenvalue weighted by Crippen LogP contribution is -2.30. The molecule has 0 spiro atoms. The van der Waals surface area contributed by atoms with E-state index in [0.29, 0.717) is 10.8 Å². The van der Waals surface area contributed by atoms with Gasteiger partial charge in [0.05, 0.1) is 5.75 Å². The number of amides is 1. The zero-order chi connectivity index (χ0) is 14.3. The topological polar surface area (TPSA) is 38.3 Å². The molecule has 106 valence electrons. The Balaban J connectivity index is 2.17. The molecule has 0 aliphatic rings. The summed E-state index contributed by atoms with van der Waals surface area (Å²) in [6.07, 6.45) is -4.46. The van der Waals surface area contributed by atoms with Gasteiger partial charge in [0.2, 0.25) is 0 Å². The Morgan fingerprint density at radius 1 is 1.42 bits per heavy atom. The van der Waals surface area contributed by atoms with Crippen LogP contribution in [-0.2, 0) is 15.4 Å². The molecule has 0 unspecified atom stereocenters. The second-order valence-corrected chi connectivity index (χ2v) is 4.97. The van der Waals surface area contributed by atoms with Crippen molar-refractivity contribution in [3.8, 4) is 0 Å². The normalized spacial score (nSPS) is 11.4. The zero-order valence-electron chi connectivity index (χ0n) is 9.67.